The molecule has 2 atom stereocenters. The topological polar surface area (TPSA) is 29.5 Å². The summed E-state index contributed by atoms with van der Waals surface area (Å²) in [4.78, 5) is 0. The molecule has 0 aliphatic carbocycles. The lowest BCUT2D eigenvalue weighted by molar-refractivity contribution is -0.0541. The highest BCUT2D eigenvalue weighted by atomic mass is 16.5. The molecule has 0 spiro atoms. The summed E-state index contributed by atoms with van der Waals surface area (Å²) in [5.41, 5.74) is 1.04. The molecule has 0 aromatic heterocycles. The zero-order valence-corrected chi connectivity index (χ0v) is 9.68. The first-order valence-electron chi connectivity index (χ1n) is 5.51. The summed E-state index contributed by atoms with van der Waals surface area (Å²) >= 11 is 0. The summed E-state index contributed by atoms with van der Waals surface area (Å²) in [6, 6.07) is 9.88. The van der Waals surface area contributed by atoms with Crippen LogP contribution in [0.2, 0.25) is 0 Å². The van der Waals surface area contributed by atoms with Crippen LogP contribution < -0.4 is 0 Å². The molecule has 0 fully saturated rings. The van der Waals surface area contributed by atoms with Gasteiger partial charge in [-0.15, -0.1) is 0 Å². The van der Waals surface area contributed by atoms with Gasteiger partial charge in [0, 0.05) is 6.61 Å². The van der Waals surface area contributed by atoms with Gasteiger partial charge in [-0.2, -0.15) is 0 Å². The van der Waals surface area contributed by atoms with Gasteiger partial charge in [0.2, 0.25) is 0 Å². The smallest absolute Gasteiger partial charge is 0.109 e. The van der Waals surface area contributed by atoms with Crippen molar-refractivity contribution in [2.24, 2.45) is 5.92 Å². The van der Waals surface area contributed by atoms with Crippen LogP contribution in [-0.4, -0.2) is 17.8 Å². The van der Waals surface area contributed by atoms with E-state index in [9.17, 15) is 5.11 Å². The Balaban J connectivity index is 2.83. The minimum atomic E-state index is -0.452. The van der Waals surface area contributed by atoms with Crippen LogP contribution in [-0.2, 0) is 4.74 Å². The summed E-state index contributed by atoms with van der Waals surface area (Å²) in [5, 5.41) is 10.0. The summed E-state index contributed by atoms with van der Waals surface area (Å²) in [7, 11) is 0. The Labute approximate surface area is 91.9 Å². The van der Waals surface area contributed by atoms with E-state index in [4.69, 9.17) is 4.74 Å². The van der Waals surface area contributed by atoms with Crippen LogP contribution in [0.25, 0.3) is 0 Å². The van der Waals surface area contributed by atoms with Crippen molar-refractivity contribution >= 4 is 0 Å². The SMILES string of the molecule is CCOC(c1ccccc1)C(O)C(C)C. The van der Waals surface area contributed by atoms with Crippen LogP contribution in [0.1, 0.15) is 32.4 Å². The second kappa shape index (κ2) is 5.89. The molecule has 0 saturated heterocycles. The lowest BCUT2D eigenvalue weighted by atomic mass is 9.96. The average Bonchev–Trinajstić information content (AvgIpc) is 2.26. The lowest BCUT2D eigenvalue weighted by Crippen LogP contribution is -2.26. The van der Waals surface area contributed by atoms with Gasteiger partial charge < -0.3 is 9.84 Å². The fourth-order valence-electron chi connectivity index (χ4n) is 1.56. The van der Waals surface area contributed by atoms with Gasteiger partial charge in [0.15, 0.2) is 0 Å². The molecule has 1 N–H and O–H groups in total. The normalized spacial score (nSPS) is 15.3. The van der Waals surface area contributed by atoms with Gasteiger partial charge in [-0.1, -0.05) is 44.2 Å². The minimum absolute atomic E-state index is 0.196. The van der Waals surface area contributed by atoms with E-state index in [1.807, 2.05) is 51.1 Å². The van der Waals surface area contributed by atoms with Crippen molar-refractivity contribution in [2.45, 2.75) is 33.0 Å². The van der Waals surface area contributed by atoms with E-state index in [1.54, 1.807) is 0 Å². The number of hydrogen-bond donors (Lipinski definition) is 1. The Bertz CT molecular complexity index is 269. The summed E-state index contributed by atoms with van der Waals surface area (Å²) < 4.78 is 5.60. The van der Waals surface area contributed by atoms with E-state index in [0.717, 1.165) is 5.56 Å². The van der Waals surface area contributed by atoms with Gasteiger partial charge >= 0.3 is 0 Å². The zero-order valence-electron chi connectivity index (χ0n) is 9.68. The average molecular weight is 208 g/mol. The summed E-state index contributed by atoms with van der Waals surface area (Å²) in [6.45, 7) is 6.56. The maximum absolute atomic E-state index is 10.0. The Morgan fingerprint density at radius 1 is 1.20 bits per heavy atom. The molecule has 0 saturated carbocycles. The standard InChI is InChI=1S/C13H20O2/c1-4-15-13(12(14)10(2)3)11-8-6-5-7-9-11/h5-10,12-14H,4H2,1-3H3. The molecule has 0 aliphatic heterocycles. The Morgan fingerprint density at radius 2 is 1.80 bits per heavy atom. The van der Waals surface area contributed by atoms with Gasteiger partial charge in [-0.05, 0) is 18.4 Å². The molecule has 1 aromatic carbocycles. The fourth-order valence-corrected chi connectivity index (χ4v) is 1.56. The highest BCUT2D eigenvalue weighted by Gasteiger charge is 2.23. The molecule has 1 aromatic rings. The lowest BCUT2D eigenvalue weighted by Gasteiger charge is -2.25. The first-order chi connectivity index (χ1) is 7.16. The molecule has 0 amide bonds. The second-order valence-corrected chi connectivity index (χ2v) is 4.02. The first kappa shape index (κ1) is 12.2. The van der Waals surface area contributed by atoms with Gasteiger partial charge in [-0.25, -0.2) is 0 Å². The summed E-state index contributed by atoms with van der Waals surface area (Å²) in [6.07, 6.45) is -0.663. The van der Waals surface area contributed by atoms with Crippen molar-refractivity contribution in [2.75, 3.05) is 6.61 Å². The minimum Gasteiger partial charge on any atom is -0.390 e. The van der Waals surface area contributed by atoms with Gasteiger partial charge in [0.25, 0.3) is 0 Å². The zero-order chi connectivity index (χ0) is 11.3. The predicted octanol–water partition coefficient (Wildman–Crippen LogP) is 2.78. The Kier molecular flexibility index (Phi) is 4.79. The number of aliphatic hydroxyl groups is 1. The third kappa shape index (κ3) is 3.33. The number of rotatable bonds is 5. The van der Waals surface area contributed by atoms with Crippen LogP contribution >= 0.6 is 0 Å². The molecule has 0 heterocycles. The number of hydrogen-bond acceptors (Lipinski definition) is 2. The summed E-state index contributed by atoms with van der Waals surface area (Å²) in [5.74, 6) is 0.196. The first-order valence-corrected chi connectivity index (χ1v) is 5.51. The fraction of sp³-hybridized carbons (Fsp3) is 0.538. The van der Waals surface area contributed by atoms with Gasteiger partial charge in [0.05, 0.1) is 6.10 Å². The number of ether oxygens (including phenoxy) is 1. The third-order valence-electron chi connectivity index (χ3n) is 2.47. The molecule has 15 heavy (non-hydrogen) atoms. The Hall–Kier alpha value is -0.860. The molecule has 2 nitrogen and oxygen atoms in total. The number of aliphatic hydroxyl groups excluding tert-OH is 1. The molecular weight excluding hydrogens is 188 g/mol. The van der Waals surface area contributed by atoms with Crippen LogP contribution in [0, 0.1) is 5.92 Å². The van der Waals surface area contributed by atoms with E-state index < -0.39 is 6.10 Å². The molecular formula is C13H20O2. The second-order valence-electron chi connectivity index (χ2n) is 4.02. The van der Waals surface area contributed by atoms with Gasteiger partial charge in [0.1, 0.15) is 6.10 Å². The van der Waals surface area contributed by atoms with E-state index in [0.29, 0.717) is 6.61 Å². The van der Waals surface area contributed by atoms with Crippen molar-refractivity contribution in [3.63, 3.8) is 0 Å². The molecule has 0 aliphatic rings. The van der Waals surface area contributed by atoms with Crippen molar-refractivity contribution in [3.05, 3.63) is 35.9 Å². The maximum Gasteiger partial charge on any atom is 0.109 e. The highest BCUT2D eigenvalue weighted by molar-refractivity contribution is 5.18. The highest BCUT2D eigenvalue weighted by Crippen LogP contribution is 2.25. The molecule has 2 unspecified atom stereocenters. The monoisotopic (exact) mass is 208 g/mol. The van der Waals surface area contributed by atoms with Crippen molar-refractivity contribution in [1.29, 1.82) is 0 Å². The van der Waals surface area contributed by atoms with Crippen molar-refractivity contribution in [3.8, 4) is 0 Å². The molecule has 2 heteroatoms. The van der Waals surface area contributed by atoms with Gasteiger partial charge in [-0.3, -0.25) is 0 Å². The number of benzene rings is 1. The largest absolute Gasteiger partial charge is 0.390 e. The van der Waals surface area contributed by atoms with Crippen molar-refractivity contribution < 1.29 is 9.84 Å². The third-order valence-corrected chi connectivity index (χ3v) is 2.47. The van der Waals surface area contributed by atoms with E-state index in [2.05, 4.69) is 0 Å². The maximum atomic E-state index is 10.0. The van der Waals surface area contributed by atoms with Crippen molar-refractivity contribution in [1.82, 2.24) is 0 Å². The Morgan fingerprint density at radius 3 is 2.27 bits per heavy atom. The van der Waals surface area contributed by atoms with E-state index >= 15 is 0 Å². The molecule has 0 bridgehead atoms. The van der Waals surface area contributed by atoms with Crippen LogP contribution in [0.15, 0.2) is 30.3 Å². The molecule has 84 valence electrons. The molecule has 1 rings (SSSR count). The van der Waals surface area contributed by atoms with Crippen LogP contribution in [0.3, 0.4) is 0 Å². The van der Waals surface area contributed by atoms with Crippen LogP contribution in [0.5, 0.6) is 0 Å². The molecule has 0 radical (unpaired) electrons. The predicted molar refractivity (Wildman–Crippen MR) is 61.7 cm³/mol. The van der Waals surface area contributed by atoms with E-state index in [1.165, 1.54) is 0 Å². The van der Waals surface area contributed by atoms with Crippen LogP contribution in [0.4, 0.5) is 0 Å². The van der Waals surface area contributed by atoms with E-state index in [-0.39, 0.29) is 12.0 Å². The quantitative estimate of drug-likeness (QED) is 0.806.